The zero-order chi connectivity index (χ0) is 17.5. The molecule has 0 unspecified atom stereocenters. The summed E-state index contributed by atoms with van der Waals surface area (Å²) in [6.07, 6.45) is 12.6. The molecule has 0 saturated heterocycles. The SMILES string of the molecule is C[C@H]1CNc2nc(CCCCC(=O)/C=C/c3cncnc3)ccc2C1. The number of carbonyl (C=O) groups is 1. The Labute approximate surface area is 148 Å². The number of aryl methyl sites for hydroxylation is 1. The minimum atomic E-state index is 0.137. The minimum absolute atomic E-state index is 0.137. The van der Waals surface area contributed by atoms with Gasteiger partial charge in [0.05, 0.1) is 0 Å². The number of hydrogen-bond donors (Lipinski definition) is 1. The Balaban J connectivity index is 1.41. The van der Waals surface area contributed by atoms with Gasteiger partial charge in [-0.15, -0.1) is 0 Å². The van der Waals surface area contributed by atoms with Crippen molar-refractivity contribution >= 4 is 17.7 Å². The number of anilines is 1. The summed E-state index contributed by atoms with van der Waals surface area (Å²) in [7, 11) is 0. The molecular formula is C20H24N4O. The van der Waals surface area contributed by atoms with Crippen LogP contribution in [0.4, 0.5) is 5.82 Å². The zero-order valence-corrected chi connectivity index (χ0v) is 14.6. The average molecular weight is 336 g/mol. The molecule has 25 heavy (non-hydrogen) atoms. The lowest BCUT2D eigenvalue weighted by Crippen LogP contribution is -2.21. The Kier molecular flexibility index (Phi) is 5.88. The Hall–Kier alpha value is -2.56. The summed E-state index contributed by atoms with van der Waals surface area (Å²) in [5.41, 5.74) is 3.26. The van der Waals surface area contributed by atoms with Gasteiger partial charge in [-0.25, -0.2) is 15.0 Å². The van der Waals surface area contributed by atoms with E-state index in [9.17, 15) is 4.79 Å². The van der Waals surface area contributed by atoms with Crippen LogP contribution in [0.15, 0.2) is 36.9 Å². The van der Waals surface area contributed by atoms with Crippen LogP contribution >= 0.6 is 0 Å². The van der Waals surface area contributed by atoms with Crippen LogP contribution in [0.1, 0.15) is 43.0 Å². The second-order valence-electron chi connectivity index (χ2n) is 6.68. The molecule has 0 saturated carbocycles. The predicted molar refractivity (Wildman–Crippen MR) is 99.2 cm³/mol. The molecule has 0 amide bonds. The molecule has 1 atom stereocenters. The highest BCUT2D eigenvalue weighted by molar-refractivity contribution is 5.93. The van der Waals surface area contributed by atoms with E-state index in [4.69, 9.17) is 4.98 Å². The van der Waals surface area contributed by atoms with Crippen LogP contribution in [0.25, 0.3) is 6.08 Å². The fourth-order valence-electron chi connectivity index (χ4n) is 2.98. The van der Waals surface area contributed by atoms with Crippen molar-refractivity contribution in [2.75, 3.05) is 11.9 Å². The van der Waals surface area contributed by atoms with E-state index in [1.807, 2.05) is 0 Å². The monoisotopic (exact) mass is 336 g/mol. The largest absolute Gasteiger partial charge is 0.370 e. The summed E-state index contributed by atoms with van der Waals surface area (Å²) < 4.78 is 0. The van der Waals surface area contributed by atoms with Crippen LogP contribution in [0.2, 0.25) is 0 Å². The summed E-state index contributed by atoms with van der Waals surface area (Å²) in [4.78, 5) is 24.5. The summed E-state index contributed by atoms with van der Waals surface area (Å²) in [6, 6.07) is 4.31. The van der Waals surface area contributed by atoms with Crippen LogP contribution in [0, 0.1) is 5.92 Å². The van der Waals surface area contributed by atoms with Crippen molar-refractivity contribution in [1.82, 2.24) is 15.0 Å². The molecule has 1 aliphatic heterocycles. The fourth-order valence-corrected chi connectivity index (χ4v) is 2.98. The van der Waals surface area contributed by atoms with Gasteiger partial charge in [0.1, 0.15) is 12.1 Å². The number of ketones is 1. The van der Waals surface area contributed by atoms with Gasteiger partial charge in [-0.1, -0.05) is 13.0 Å². The zero-order valence-electron chi connectivity index (χ0n) is 14.6. The number of nitrogens with zero attached hydrogens (tertiary/aromatic N) is 3. The number of rotatable bonds is 7. The molecule has 1 aliphatic rings. The van der Waals surface area contributed by atoms with E-state index >= 15 is 0 Å². The van der Waals surface area contributed by atoms with Gasteiger partial charge in [0.25, 0.3) is 0 Å². The standard InChI is InChI=1S/C20H24N4O/c1-15-10-17-7-8-18(24-20(17)23-11-15)4-2-3-5-19(25)9-6-16-12-21-14-22-13-16/h6-9,12-15H,2-5,10-11H2,1H3,(H,23,24)/b9-6+/t15-/m1/s1. The number of carbonyl (C=O) groups excluding carboxylic acids is 1. The van der Waals surface area contributed by atoms with Gasteiger partial charge in [0.15, 0.2) is 5.78 Å². The van der Waals surface area contributed by atoms with Crippen molar-refractivity contribution in [3.8, 4) is 0 Å². The normalized spacial score (nSPS) is 16.4. The lowest BCUT2D eigenvalue weighted by Gasteiger charge is -2.22. The van der Waals surface area contributed by atoms with E-state index in [0.29, 0.717) is 12.3 Å². The summed E-state index contributed by atoms with van der Waals surface area (Å²) in [6.45, 7) is 3.25. The van der Waals surface area contributed by atoms with E-state index in [1.165, 1.54) is 11.9 Å². The van der Waals surface area contributed by atoms with Gasteiger partial charge in [0, 0.05) is 36.6 Å². The van der Waals surface area contributed by atoms with Crippen molar-refractivity contribution in [1.29, 1.82) is 0 Å². The molecular weight excluding hydrogens is 312 g/mol. The first-order valence-corrected chi connectivity index (χ1v) is 8.89. The smallest absolute Gasteiger partial charge is 0.155 e. The maximum Gasteiger partial charge on any atom is 0.155 e. The third-order valence-electron chi connectivity index (χ3n) is 4.37. The Morgan fingerprint density at radius 1 is 1.28 bits per heavy atom. The third-order valence-corrected chi connectivity index (χ3v) is 4.37. The second kappa shape index (κ2) is 8.51. The van der Waals surface area contributed by atoms with Crippen LogP contribution in [0.3, 0.4) is 0 Å². The highest BCUT2D eigenvalue weighted by Gasteiger charge is 2.15. The van der Waals surface area contributed by atoms with Crippen molar-refractivity contribution in [3.63, 3.8) is 0 Å². The molecule has 130 valence electrons. The van der Waals surface area contributed by atoms with Crippen LogP contribution in [0.5, 0.6) is 0 Å². The predicted octanol–water partition coefficient (Wildman–Crippen LogP) is 3.47. The minimum Gasteiger partial charge on any atom is -0.370 e. The van der Waals surface area contributed by atoms with Crippen molar-refractivity contribution in [2.24, 2.45) is 5.92 Å². The summed E-state index contributed by atoms with van der Waals surface area (Å²) in [5, 5.41) is 3.41. The van der Waals surface area contributed by atoms with E-state index in [-0.39, 0.29) is 5.78 Å². The van der Waals surface area contributed by atoms with Crippen molar-refractivity contribution < 1.29 is 4.79 Å². The maximum atomic E-state index is 11.9. The number of hydrogen-bond acceptors (Lipinski definition) is 5. The number of unbranched alkanes of at least 4 members (excludes halogenated alkanes) is 1. The van der Waals surface area contributed by atoms with E-state index in [1.54, 1.807) is 24.5 Å². The van der Waals surface area contributed by atoms with Gasteiger partial charge in [-0.3, -0.25) is 4.79 Å². The molecule has 1 N–H and O–H groups in total. The Bertz CT molecular complexity index is 743. The number of allylic oxidation sites excluding steroid dienone is 1. The molecule has 0 bridgehead atoms. The lowest BCUT2D eigenvalue weighted by molar-refractivity contribution is -0.114. The first-order valence-electron chi connectivity index (χ1n) is 8.89. The molecule has 5 heteroatoms. The molecule has 2 aromatic rings. The van der Waals surface area contributed by atoms with Crippen LogP contribution in [-0.4, -0.2) is 27.3 Å². The summed E-state index contributed by atoms with van der Waals surface area (Å²) in [5.74, 6) is 1.85. The lowest BCUT2D eigenvalue weighted by atomic mass is 9.97. The molecule has 2 aromatic heterocycles. The van der Waals surface area contributed by atoms with Gasteiger partial charge >= 0.3 is 0 Å². The maximum absolute atomic E-state index is 11.9. The Morgan fingerprint density at radius 2 is 2.12 bits per heavy atom. The van der Waals surface area contributed by atoms with Crippen LogP contribution in [-0.2, 0) is 17.6 Å². The topological polar surface area (TPSA) is 67.8 Å². The molecule has 0 radical (unpaired) electrons. The molecule has 0 spiro atoms. The molecule has 0 aromatic carbocycles. The second-order valence-corrected chi connectivity index (χ2v) is 6.68. The first-order chi connectivity index (χ1) is 12.2. The highest BCUT2D eigenvalue weighted by Crippen LogP contribution is 2.23. The van der Waals surface area contributed by atoms with Crippen molar-refractivity contribution in [2.45, 2.75) is 39.0 Å². The van der Waals surface area contributed by atoms with Gasteiger partial charge in [-0.2, -0.15) is 0 Å². The molecule has 0 aliphatic carbocycles. The molecule has 0 fully saturated rings. The molecule has 3 heterocycles. The summed E-state index contributed by atoms with van der Waals surface area (Å²) >= 11 is 0. The number of nitrogens with one attached hydrogen (secondary N) is 1. The van der Waals surface area contributed by atoms with Crippen LogP contribution < -0.4 is 5.32 Å². The molecule has 5 nitrogen and oxygen atoms in total. The van der Waals surface area contributed by atoms with Crippen molar-refractivity contribution in [3.05, 3.63) is 53.8 Å². The fraction of sp³-hybridized carbons (Fsp3) is 0.400. The van der Waals surface area contributed by atoms with E-state index in [2.05, 4.69) is 34.3 Å². The van der Waals surface area contributed by atoms with Gasteiger partial charge in [-0.05, 0) is 55.4 Å². The number of aromatic nitrogens is 3. The Morgan fingerprint density at radius 3 is 2.96 bits per heavy atom. The third kappa shape index (κ3) is 5.21. The molecule has 3 rings (SSSR count). The van der Waals surface area contributed by atoms with Gasteiger partial charge in [0.2, 0.25) is 0 Å². The van der Waals surface area contributed by atoms with E-state index < -0.39 is 0 Å². The number of fused-ring (bicyclic) bond motifs is 1. The first kappa shape index (κ1) is 17.3. The average Bonchev–Trinajstić information content (AvgIpc) is 2.64. The highest BCUT2D eigenvalue weighted by atomic mass is 16.1. The van der Waals surface area contributed by atoms with Gasteiger partial charge < -0.3 is 5.32 Å². The quantitative estimate of drug-likeness (QED) is 0.619. The van der Waals surface area contributed by atoms with E-state index in [0.717, 1.165) is 49.3 Å². The number of pyridine rings is 1.